The highest BCUT2D eigenvalue weighted by Crippen LogP contribution is 2.48. The van der Waals surface area contributed by atoms with Crippen LogP contribution < -0.4 is 15.4 Å². The predicted molar refractivity (Wildman–Crippen MR) is 90.4 cm³/mol. The first-order valence-corrected chi connectivity index (χ1v) is 9.04. The SMILES string of the molecule is CNc1ccc(S(=O)(=O)NC)cc1NC(=O)[C@@H]1C[C@H]1c1ccco1. The topological polar surface area (TPSA) is 100 Å². The Morgan fingerprint density at radius 3 is 2.62 bits per heavy atom. The van der Waals surface area contributed by atoms with E-state index in [1.54, 1.807) is 25.4 Å². The Bertz CT molecular complexity index is 846. The van der Waals surface area contributed by atoms with E-state index in [9.17, 15) is 13.2 Å². The normalized spacial score (nSPS) is 19.8. The average molecular weight is 349 g/mol. The molecule has 1 fully saturated rings. The highest BCUT2D eigenvalue weighted by atomic mass is 32.2. The summed E-state index contributed by atoms with van der Waals surface area (Å²) in [5.41, 5.74) is 1.08. The van der Waals surface area contributed by atoms with E-state index in [0.29, 0.717) is 11.4 Å². The zero-order chi connectivity index (χ0) is 17.3. The van der Waals surface area contributed by atoms with Gasteiger partial charge >= 0.3 is 0 Å². The molecule has 0 radical (unpaired) electrons. The maximum absolute atomic E-state index is 12.4. The van der Waals surface area contributed by atoms with E-state index >= 15 is 0 Å². The monoisotopic (exact) mass is 349 g/mol. The van der Waals surface area contributed by atoms with Gasteiger partial charge in [0.15, 0.2) is 0 Å². The lowest BCUT2D eigenvalue weighted by Crippen LogP contribution is -2.20. The van der Waals surface area contributed by atoms with E-state index in [2.05, 4.69) is 15.4 Å². The van der Waals surface area contributed by atoms with Crippen LogP contribution in [-0.2, 0) is 14.8 Å². The number of sulfonamides is 1. The number of benzene rings is 1. The molecule has 0 spiro atoms. The summed E-state index contributed by atoms with van der Waals surface area (Å²) in [7, 11) is -0.523. The molecule has 0 bridgehead atoms. The number of nitrogens with one attached hydrogen (secondary N) is 3. The Labute approximate surface area is 140 Å². The molecule has 7 nitrogen and oxygen atoms in total. The quantitative estimate of drug-likeness (QED) is 0.740. The maximum atomic E-state index is 12.4. The average Bonchev–Trinajstić information content (AvgIpc) is 3.20. The molecule has 1 aliphatic carbocycles. The molecule has 2 atom stereocenters. The molecule has 2 aromatic rings. The Kier molecular flexibility index (Phi) is 4.33. The van der Waals surface area contributed by atoms with Gasteiger partial charge in [0.05, 0.1) is 22.5 Å². The van der Waals surface area contributed by atoms with Crippen LogP contribution in [0.3, 0.4) is 0 Å². The summed E-state index contributed by atoms with van der Waals surface area (Å²) in [6.07, 6.45) is 2.32. The first-order valence-electron chi connectivity index (χ1n) is 7.56. The minimum absolute atomic E-state index is 0.0854. The van der Waals surface area contributed by atoms with Gasteiger partial charge in [-0.25, -0.2) is 13.1 Å². The summed E-state index contributed by atoms with van der Waals surface area (Å²) in [5.74, 6) is 0.579. The van der Waals surface area contributed by atoms with E-state index in [1.807, 2.05) is 6.07 Å². The van der Waals surface area contributed by atoms with Crippen LogP contribution in [-0.4, -0.2) is 28.4 Å². The van der Waals surface area contributed by atoms with Crippen LogP contribution in [0.15, 0.2) is 45.9 Å². The molecule has 1 amide bonds. The zero-order valence-electron chi connectivity index (χ0n) is 13.4. The fraction of sp³-hybridized carbons (Fsp3) is 0.312. The molecule has 1 aromatic heterocycles. The van der Waals surface area contributed by atoms with E-state index in [-0.39, 0.29) is 22.6 Å². The summed E-state index contributed by atoms with van der Waals surface area (Å²) in [6.45, 7) is 0. The van der Waals surface area contributed by atoms with Crippen LogP contribution in [0.25, 0.3) is 0 Å². The predicted octanol–water partition coefficient (Wildman–Crippen LogP) is 1.97. The van der Waals surface area contributed by atoms with Crippen LogP contribution in [0, 0.1) is 5.92 Å². The minimum atomic E-state index is -3.58. The molecule has 1 saturated carbocycles. The number of rotatable bonds is 6. The van der Waals surface area contributed by atoms with Crippen LogP contribution >= 0.6 is 0 Å². The number of hydrogen-bond donors (Lipinski definition) is 3. The molecule has 3 rings (SSSR count). The largest absolute Gasteiger partial charge is 0.469 e. The fourth-order valence-corrected chi connectivity index (χ4v) is 3.41. The molecular weight excluding hydrogens is 330 g/mol. The van der Waals surface area contributed by atoms with E-state index in [0.717, 1.165) is 12.2 Å². The van der Waals surface area contributed by atoms with Crippen molar-refractivity contribution < 1.29 is 17.6 Å². The van der Waals surface area contributed by atoms with E-state index < -0.39 is 10.0 Å². The van der Waals surface area contributed by atoms with Crippen molar-refractivity contribution in [1.82, 2.24) is 4.72 Å². The third kappa shape index (κ3) is 3.15. The third-order valence-electron chi connectivity index (χ3n) is 4.13. The molecule has 8 heteroatoms. The molecule has 0 aliphatic heterocycles. The highest BCUT2D eigenvalue weighted by Gasteiger charge is 2.46. The van der Waals surface area contributed by atoms with Crippen LogP contribution in [0.2, 0.25) is 0 Å². The first-order chi connectivity index (χ1) is 11.5. The molecule has 0 unspecified atom stereocenters. The molecule has 1 aromatic carbocycles. The Balaban J connectivity index is 1.79. The maximum Gasteiger partial charge on any atom is 0.240 e. The zero-order valence-corrected chi connectivity index (χ0v) is 14.2. The van der Waals surface area contributed by atoms with Crippen molar-refractivity contribution in [2.45, 2.75) is 17.2 Å². The van der Waals surface area contributed by atoms with Crippen molar-refractivity contribution in [2.24, 2.45) is 5.92 Å². The number of anilines is 2. The molecule has 128 valence electrons. The molecular formula is C16H19N3O4S. The van der Waals surface area contributed by atoms with Crippen LogP contribution in [0.4, 0.5) is 11.4 Å². The van der Waals surface area contributed by atoms with Gasteiger partial charge in [-0.15, -0.1) is 0 Å². The fourth-order valence-electron chi connectivity index (χ4n) is 2.66. The number of carbonyl (C=O) groups excluding carboxylic acids is 1. The Hall–Kier alpha value is -2.32. The second kappa shape index (κ2) is 6.29. The molecule has 1 heterocycles. The molecule has 0 saturated heterocycles. The summed E-state index contributed by atoms with van der Waals surface area (Å²) in [6, 6.07) is 8.21. The van der Waals surface area contributed by atoms with Gasteiger partial charge in [-0.05, 0) is 43.8 Å². The number of furan rings is 1. The second-order valence-electron chi connectivity index (χ2n) is 5.62. The molecule has 1 aliphatic rings. The van der Waals surface area contributed by atoms with Crippen molar-refractivity contribution >= 4 is 27.3 Å². The summed E-state index contributed by atoms with van der Waals surface area (Å²) >= 11 is 0. The van der Waals surface area contributed by atoms with Crippen molar-refractivity contribution in [3.8, 4) is 0 Å². The molecule has 24 heavy (non-hydrogen) atoms. The van der Waals surface area contributed by atoms with Crippen molar-refractivity contribution in [3.05, 3.63) is 42.4 Å². The number of carbonyl (C=O) groups is 1. The van der Waals surface area contributed by atoms with Gasteiger partial charge in [0.1, 0.15) is 5.76 Å². The van der Waals surface area contributed by atoms with Gasteiger partial charge in [0.25, 0.3) is 0 Å². The minimum Gasteiger partial charge on any atom is -0.469 e. The Morgan fingerprint density at radius 2 is 2.00 bits per heavy atom. The van der Waals surface area contributed by atoms with Gasteiger partial charge in [-0.1, -0.05) is 0 Å². The van der Waals surface area contributed by atoms with Crippen molar-refractivity contribution in [2.75, 3.05) is 24.7 Å². The second-order valence-corrected chi connectivity index (χ2v) is 7.50. The van der Waals surface area contributed by atoms with Gasteiger partial charge in [-0.2, -0.15) is 0 Å². The van der Waals surface area contributed by atoms with Gasteiger partial charge < -0.3 is 15.1 Å². The Morgan fingerprint density at radius 1 is 1.21 bits per heavy atom. The van der Waals surface area contributed by atoms with E-state index in [1.165, 1.54) is 19.2 Å². The van der Waals surface area contributed by atoms with Crippen LogP contribution in [0.5, 0.6) is 0 Å². The summed E-state index contributed by atoms with van der Waals surface area (Å²) < 4.78 is 31.5. The van der Waals surface area contributed by atoms with Crippen LogP contribution in [0.1, 0.15) is 18.1 Å². The van der Waals surface area contributed by atoms with Crippen molar-refractivity contribution in [3.63, 3.8) is 0 Å². The number of amides is 1. The van der Waals surface area contributed by atoms with E-state index in [4.69, 9.17) is 4.42 Å². The standard InChI is InChI=1S/C16H19N3O4S/c1-17-13-6-5-10(24(21,22)18-2)8-14(13)19-16(20)12-9-11(12)15-4-3-7-23-15/h3-8,11-12,17-18H,9H2,1-2H3,(H,19,20)/t11-,12-/m1/s1. The van der Waals surface area contributed by atoms with Gasteiger partial charge in [0, 0.05) is 18.9 Å². The van der Waals surface area contributed by atoms with Crippen molar-refractivity contribution in [1.29, 1.82) is 0 Å². The first kappa shape index (κ1) is 16.5. The number of hydrogen-bond acceptors (Lipinski definition) is 5. The lowest BCUT2D eigenvalue weighted by molar-refractivity contribution is -0.117. The summed E-state index contributed by atoms with van der Waals surface area (Å²) in [5, 5.41) is 5.76. The highest BCUT2D eigenvalue weighted by molar-refractivity contribution is 7.89. The third-order valence-corrected chi connectivity index (χ3v) is 5.55. The lowest BCUT2D eigenvalue weighted by atomic mass is 10.2. The smallest absolute Gasteiger partial charge is 0.240 e. The van der Waals surface area contributed by atoms with Gasteiger partial charge in [-0.3, -0.25) is 4.79 Å². The lowest BCUT2D eigenvalue weighted by Gasteiger charge is -2.13. The summed E-state index contributed by atoms with van der Waals surface area (Å²) in [4.78, 5) is 12.5. The van der Waals surface area contributed by atoms with Gasteiger partial charge in [0.2, 0.25) is 15.9 Å². The molecule has 3 N–H and O–H groups in total.